The van der Waals surface area contributed by atoms with E-state index in [9.17, 15) is 19.5 Å². The van der Waals surface area contributed by atoms with Crippen molar-refractivity contribution in [2.24, 2.45) is 5.92 Å². The summed E-state index contributed by atoms with van der Waals surface area (Å²) in [6, 6.07) is 8.48. The molecule has 0 spiro atoms. The van der Waals surface area contributed by atoms with Crippen LogP contribution in [0.1, 0.15) is 64.4 Å². The topological polar surface area (TPSA) is 105 Å². The summed E-state index contributed by atoms with van der Waals surface area (Å²) in [7, 11) is 0. The number of carbonyl (C=O) groups excluding carboxylic acids is 3. The van der Waals surface area contributed by atoms with Gasteiger partial charge in [0.25, 0.3) is 6.23 Å². The van der Waals surface area contributed by atoms with E-state index in [-0.39, 0.29) is 29.0 Å². The Labute approximate surface area is 196 Å². The molecule has 2 atom stereocenters. The molecule has 1 saturated heterocycles. The number of aliphatic hydroxyl groups is 1. The summed E-state index contributed by atoms with van der Waals surface area (Å²) in [5.41, 5.74) is 0.845. The standard InChI is InChI=1S/C25H37N3O5/c1-18(2)21(27-25(32)33-17-19-11-5-3-6-12-19)23(30)28(15-9-10-16-28)24(31)22(29)26-20-13-7-4-8-14-20/h3,5-6,11-12,18,20-21,24,31H,4,7-10,13-17H2,1-2H3,(H-,26,27,29,32)/p+1. The molecule has 2 unspecified atom stereocenters. The molecule has 1 aliphatic heterocycles. The van der Waals surface area contributed by atoms with Gasteiger partial charge >= 0.3 is 17.9 Å². The van der Waals surface area contributed by atoms with E-state index in [1.54, 1.807) is 0 Å². The SMILES string of the molecule is CC(C)C(NC(=O)OCc1ccccc1)C(=O)[N+]1(C(O)C(=O)NC2CCCCC2)CCCC1. The third kappa shape index (κ3) is 6.32. The first-order valence-electron chi connectivity index (χ1n) is 12.2. The third-order valence-electron chi connectivity index (χ3n) is 6.88. The van der Waals surface area contributed by atoms with Crippen LogP contribution in [0.2, 0.25) is 0 Å². The Bertz CT molecular complexity index is 802. The zero-order valence-corrected chi connectivity index (χ0v) is 19.8. The van der Waals surface area contributed by atoms with Gasteiger partial charge in [0, 0.05) is 18.9 Å². The lowest BCUT2D eigenvalue weighted by atomic mass is 9.95. The van der Waals surface area contributed by atoms with Crippen LogP contribution in [-0.2, 0) is 20.9 Å². The maximum Gasteiger partial charge on any atom is 0.408 e. The minimum Gasteiger partial charge on any atom is -0.445 e. The highest BCUT2D eigenvalue weighted by atomic mass is 16.5. The van der Waals surface area contributed by atoms with Crippen LogP contribution in [0.4, 0.5) is 4.79 Å². The second-order valence-corrected chi connectivity index (χ2v) is 9.67. The summed E-state index contributed by atoms with van der Waals surface area (Å²) < 4.78 is 4.97. The molecule has 182 valence electrons. The molecule has 33 heavy (non-hydrogen) atoms. The maximum atomic E-state index is 13.7. The molecule has 0 aromatic heterocycles. The molecule has 8 heteroatoms. The molecule has 8 nitrogen and oxygen atoms in total. The van der Waals surface area contributed by atoms with Crippen LogP contribution in [0.5, 0.6) is 0 Å². The molecule has 1 saturated carbocycles. The number of carbonyl (C=O) groups is 3. The van der Waals surface area contributed by atoms with Gasteiger partial charge in [0.15, 0.2) is 0 Å². The van der Waals surface area contributed by atoms with Gasteiger partial charge in [-0.3, -0.25) is 4.79 Å². The number of aliphatic hydroxyl groups excluding tert-OH is 1. The largest absolute Gasteiger partial charge is 0.445 e. The molecule has 0 bridgehead atoms. The molecule has 1 heterocycles. The number of nitrogens with zero attached hydrogens (tertiary/aromatic N) is 1. The van der Waals surface area contributed by atoms with Gasteiger partial charge in [-0.25, -0.2) is 14.1 Å². The number of likely N-dealkylation sites (tertiary alicyclic amines) is 1. The summed E-state index contributed by atoms with van der Waals surface area (Å²) in [5, 5.41) is 16.7. The number of hydrogen-bond acceptors (Lipinski definition) is 5. The molecule has 2 fully saturated rings. The van der Waals surface area contributed by atoms with Crippen molar-refractivity contribution in [1.29, 1.82) is 0 Å². The lowest BCUT2D eigenvalue weighted by molar-refractivity contribution is -0.881. The predicted octanol–water partition coefficient (Wildman–Crippen LogP) is 2.84. The molecule has 1 aromatic carbocycles. The van der Waals surface area contributed by atoms with Gasteiger partial charge in [-0.05, 0) is 24.3 Å². The van der Waals surface area contributed by atoms with Crippen molar-refractivity contribution in [1.82, 2.24) is 10.6 Å². The fourth-order valence-electron chi connectivity index (χ4n) is 4.91. The summed E-state index contributed by atoms with van der Waals surface area (Å²) in [6.07, 6.45) is 4.39. The molecular weight excluding hydrogens is 422 g/mol. The van der Waals surface area contributed by atoms with Gasteiger partial charge in [0.05, 0.1) is 13.1 Å². The van der Waals surface area contributed by atoms with Gasteiger partial charge in [0.1, 0.15) is 12.6 Å². The molecule has 3 rings (SSSR count). The van der Waals surface area contributed by atoms with E-state index < -0.39 is 24.3 Å². The number of hydrogen-bond donors (Lipinski definition) is 3. The van der Waals surface area contributed by atoms with Crippen molar-refractivity contribution < 1.29 is 28.7 Å². The normalized spacial score (nSPS) is 20.1. The van der Waals surface area contributed by atoms with Gasteiger partial charge < -0.3 is 20.5 Å². The molecule has 3 N–H and O–H groups in total. The smallest absolute Gasteiger partial charge is 0.408 e. The Balaban J connectivity index is 1.67. The number of ether oxygens (including phenoxy) is 1. The van der Waals surface area contributed by atoms with Crippen LogP contribution in [-0.4, -0.2) is 58.9 Å². The van der Waals surface area contributed by atoms with E-state index in [0.29, 0.717) is 13.1 Å². The zero-order chi connectivity index (χ0) is 23.8. The second kappa shape index (κ2) is 11.6. The molecular formula is C25H38N3O5+. The van der Waals surface area contributed by atoms with E-state index in [4.69, 9.17) is 4.74 Å². The van der Waals surface area contributed by atoms with Crippen LogP contribution < -0.4 is 10.6 Å². The number of nitrogens with one attached hydrogen (secondary N) is 2. The average molecular weight is 461 g/mol. The number of benzene rings is 1. The third-order valence-corrected chi connectivity index (χ3v) is 6.88. The lowest BCUT2D eigenvalue weighted by Gasteiger charge is -2.38. The van der Waals surface area contributed by atoms with Gasteiger partial charge in [-0.15, -0.1) is 0 Å². The van der Waals surface area contributed by atoms with E-state index in [1.165, 1.54) is 0 Å². The summed E-state index contributed by atoms with van der Waals surface area (Å²) in [4.78, 5) is 39.1. The quantitative estimate of drug-likeness (QED) is 0.518. The van der Waals surface area contributed by atoms with Crippen molar-refractivity contribution in [2.75, 3.05) is 13.1 Å². The van der Waals surface area contributed by atoms with Crippen LogP contribution in [0.15, 0.2) is 30.3 Å². The Morgan fingerprint density at radius 2 is 1.67 bits per heavy atom. The Morgan fingerprint density at radius 1 is 1.03 bits per heavy atom. The Kier molecular flexibility index (Phi) is 8.86. The highest BCUT2D eigenvalue weighted by molar-refractivity contribution is 5.85. The van der Waals surface area contributed by atoms with Crippen LogP contribution in [0.25, 0.3) is 0 Å². The van der Waals surface area contributed by atoms with Crippen molar-refractivity contribution in [3.05, 3.63) is 35.9 Å². The predicted molar refractivity (Wildman–Crippen MR) is 124 cm³/mol. The van der Waals surface area contributed by atoms with Crippen molar-refractivity contribution >= 4 is 17.9 Å². The minimum atomic E-state index is -1.48. The van der Waals surface area contributed by atoms with Crippen LogP contribution >= 0.6 is 0 Å². The van der Waals surface area contributed by atoms with Gasteiger partial charge in [-0.1, -0.05) is 63.4 Å². The van der Waals surface area contributed by atoms with Crippen molar-refractivity contribution in [3.63, 3.8) is 0 Å². The summed E-state index contributed by atoms with van der Waals surface area (Å²) in [6.45, 7) is 4.52. The zero-order valence-electron chi connectivity index (χ0n) is 19.8. The number of amides is 3. The minimum absolute atomic E-state index is 0.0469. The summed E-state index contributed by atoms with van der Waals surface area (Å²) in [5.74, 6) is -1.07. The molecule has 1 aliphatic carbocycles. The monoisotopic (exact) mass is 460 g/mol. The first-order chi connectivity index (χ1) is 15.8. The number of rotatable bonds is 8. The fourth-order valence-corrected chi connectivity index (χ4v) is 4.91. The van der Waals surface area contributed by atoms with Gasteiger partial charge in [0.2, 0.25) is 0 Å². The first kappa shape index (κ1) is 25.2. The van der Waals surface area contributed by atoms with E-state index in [1.807, 2.05) is 44.2 Å². The average Bonchev–Trinajstić information content (AvgIpc) is 3.32. The van der Waals surface area contributed by atoms with Crippen LogP contribution in [0.3, 0.4) is 0 Å². The van der Waals surface area contributed by atoms with Crippen molar-refractivity contribution in [3.8, 4) is 0 Å². The van der Waals surface area contributed by atoms with E-state index in [0.717, 1.165) is 50.5 Å². The van der Waals surface area contributed by atoms with Crippen LogP contribution in [0, 0.1) is 5.92 Å². The highest BCUT2D eigenvalue weighted by Crippen LogP contribution is 2.27. The molecule has 3 amide bonds. The summed E-state index contributed by atoms with van der Waals surface area (Å²) >= 11 is 0. The number of quaternary nitrogens is 1. The van der Waals surface area contributed by atoms with E-state index >= 15 is 0 Å². The number of alkyl carbamates (subject to hydrolysis) is 1. The second-order valence-electron chi connectivity index (χ2n) is 9.67. The molecule has 1 aromatic rings. The van der Waals surface area contributed by atoms with E-state index in [2.05, 4.69) is 10.6 Å². The van der Waals surface area contributed by atoms with Crippen molar-refractivity contribution in [2.45, 2.75) is 83.7 Å². The van der Waals surface area contributed by atoms with Gasteiger partial charge in [-0.2, -0.15) is 0 Å². The molecule has 0 radical (unpaired) electrons. The fraction of sp³-hybridized carbons (Fsp3) is 0.640. The Morgan fingerprint density at radius 3 is 2.27 bits per heavy atom. The maximum absolute atomic E-state index is 13.7. The lowest BCUT2D eigenvalue weighted by Crippen LogP contribution is -2.68. The first-order valence-corrected chi connectivity index (χ1v) is 12.2. The molecule has 2 aliphatic rings. The Hall–Kier alpha value is -2.45. The highest BCUT2D eigenvalue weighted by Gasteiger charge is 2.53.